The van der Waals surface area contributed by atoms with E-state index in [1.807, 2.05) is 17.0 Å². The molecular formula is C18H22N4O2. The highest BCUT2D eigenvalue weighted by atomic mass is 16.3. The number of hydrogen-bond acceptors (Lipinski definition) is 4. The first kappa shape index (κ1) is 15.2. The quantitative estimate of drug-likeness (QED) is 0.785. The van der Waals surface area contributed by atoms with Crippen molar-refractivity contribution in [3.05, 3.63) is 47.5 Å². The maximum atomic E-state index is 12.9. The number of imidazole rings is 1. The van der Waals surface area contributed by atoms with Crippen LogP contribution in [0.15, 0.2) is 30.6 Å². The van der Waals surface area contributed by atoms with Crippen molar-refractivity contribution >= 4 is 5.91 Å². The number of nitrogens with one attached hydrogen (secondary N) is 2. The average Bonchev–Trinajstić information content (AvgIpc) is 3.10. The van der Waals surface area contributed by atoms with Crippen molar-refractivity contribution in [1.29, 1.82) is 0 Å². The molecule has 3 heterocycles. The molecule has 126 valence electrons. The monoisotopic (exact) mass is 326 g/mol. The predicted molar refractivity (Wildman–Crippen MR) is 89.7 cm³/mol. The van der Waals surface area contributed by atoms with Crippen LogP contribution in [0.25, 0.3) is 0 Å². The number of phenols is 1. The number of fused-ring (bicyclic) bond motifs is 1. The number of rotatable bonds is 2. The number of aromatic nitrogens is 2. The van der Waals surface area contributed by atoms with E-state index in [0.717, 1.165) is 55.8 Å². The van der Waals surface area contributed by atoms with Crippen LogP contribution in [0.2, 0.25) is 0 Å². The van der Waals surface area contributed by atoms with Gasteiger partial charge in [0.25, 0.3) is 0 Å². The van der Waals surface area contributed by atoms with E-state index in [-0.39, 0.29) is 11.9 Å². The number of benzene rings is 1. The fourth-order valence-electron chi connectivity index (χ4n) is 3.82. The molecule has 0 spiro atoms. The lowest BCUT2D eigenvalue weighted by Gasteiger charge is -2.35. The first-order valence-corrected chi connectivity index (χ1v) is 8.55. The third-order valence-electron chi connectivity index (χ3n) is 5.14. The Balaban J connectivity index is 1.42. The number of phenolic OH excluding ortho intramolecular Hbond substituents is 1. The minimum atomic E-state index is -0.322. The van der Waals surface area contributed by atoms with Crippen LogP contribution in [0.4, 0.5) is 0 Å². The second kappa shape index (κ2) is 6.28. The summed E-state index contributed by atoms with van der Waals surface area (Å²) in [4.78, 5) is 22.3. The summed E-state index contributed by atoms with van der Waals surface area (Å²) in [6, 6.07) is 7.14. The molecule has 0 radical (unpaired) electrons. The maximum absolute atomic E-state index is 12.9. The van der Waals surface area contributed by atoms with E-state index in [1.54, 1.807) is 12.4 Å². The van der Waals surface area contributed by atoms with E-state index in [1.165, 1.54) is 0 Å². The highest BCUT2D eigenvalue weighted by Crippen LogP contribution is 2.31. The summed E-state index contributed by atoms with van der Waals surface area (Å²) in [5, 5.41) is 12.9. The summed E-state index contributed by atoms with van der Waals surface area (Å²) in [7, 11) is 0. The molecule has 1 saturated heterocycles. The molecular weight excluding hydrogens is 304 g/mol. The van der Waals surface area contributed by atoms with Crippen molar-refractivity contribution in [2.75, 3.05) is 19.6 Å². The van der Waals surface area contributed by atoms with Crippen LogP contribution in [-0.2, 0) is 11.2 Å². The Morgan fingerprint density at radius 2 is 2.12 bits per heavy atom. The van der Waals surface area contributed by atoms with Gasteiger partial charge in [-0.3, -0.25) is 4.79 Å². The van der Waals surface area contributed by atoms with Gasteiger partial charge in [0.15, 0.2) is 0 Å². The fraction of sp³-hybridized carbons (Fsp3) is 0.444. The largest absolute Gasteiger partial charge is 0.508 e. The van der Waals surface area contributed by atoms with Gasteiger partial charge >= 0.3 is 0 Å². The van der Waals surface area contributed by atoms with Gasteiger partial charge < -0.3 is 20.3 Å². The lowest BCUT2D eigenvalue weighted by molar-refractivity contribution is -0.135. The van der Waals surface area contributed by atoms with Crippen molar-refractivity contribution in [3.63, 3.8) is 0 Å². The van der Waals surface area contributed by atoms with Crippen molar-refractivity contribution < 1.29 is 9.90 Å². The smallest absolute Gasteiger partial charge is 0.246 e. The minimum absolute atomic E-state index is 0.123. The molecule has 1 aromatic heterocycles. The molecule has 4 rings (SSSR count). The molecule has 0 unspecified atom stereocenters. The van der Waals surface area contributed by atoms with E-state index in [2.05, 4.69) is 21.4 Å². The van der Waals surface area contributed by atoms with Crippen LogP contribution in [0, 0.1) is 0 Å². The second-order valence-electron chi connectivity index (χ2n) is 6.60. The number of aromatic hydroxyl groups is 1. The van der Waals surface area contributed by atoms with Crippen molar-refractivity contribution in [3.8, 4) is 5.75 Å². The molecule has 2 aliphatic rings. The van der Waals surface area contributed by atoms with Crippen molar-refractivity contribution in [2.24, 2.45) is 0 Å². The van der Waals surface area contributed by atoms with E-state index >= 15 is 0 Å². The molecule has 24 heavy (non-hydrogen) atoms. The number of nitrogens with zero attached hydrogens (tertiary/aromatic N) is 2. The summed E-state index contributed by atoms with van der Waals surface area (Å²) in [5.74, 6) is 0.835. The van der Waals surface area contributed by atoms with Gasteiger partial charge in [0.1, 0.15) is 11.8 Å². The minimum Gasteiger partial charge on any atom is -0.508 e. The van der Waals surface area contributed by atoms with Crippen LogP contribution < -0.4 is 5.32 Å². The summed E-state index contributed by atoms with van der Waals surface area (Å²) in [6.45, 7) is 2.29. The van der Waals surface area contributed by atoms with E-state index in [4.69, 9.17) is 0 Å². The van der Waals surface area contributed by atoms with Crippen LogP contribution in [0.1, 0.15) is 41.8 Å². The van der Waals surface area contributed by atoms with Crippen molar-refractivity contribution in [1.82, 2.24) is 20.2 Å². The van der Waals surface area contributed by atoms with Crippen LogP contribution in [0.3, 0.4) is 0 Å². The second-order valence-corrected chi connectivity index (χ2v) is 6.60. The van der Waals surface area contributed by atoms with Gasteiger partial charge in [-0.15, -0.1) is 0 Å². The molecule has 2 aromatic rings. The number of aromatic amines is 1. The lowest BCUT2D eigenvalue weighted by Crippen LogP contribution is -2.46. The summed E-state index contributed by atoms with van der Waals surface area (Å²) in [5.41, 5.74) is 3.08. The van der Waals surface area contributed by atoms with Crippen LogP contribution >= 0.6 is 0 Å². The average molecular weight is 326 g/mol. The number of likely N-dealkylation sites (tertiary alicyclic amines) is 1. The molecule has 6 nitrogen and oxygen atoms in total. The molecule has 1 atom stereocenters. The Labute approximate surface area is 140 Å². The number of H-pyrrole nitrogens is 1. The number of carbonyl (C=O) groups is 1. The van der Waals surface area contributed by atoms with Crippen LogP contribution in [-0.4, -0.2) is 45.5 Å². The third-order valence-corrected chi connectivity index (χ3v) is 5.14. The predicted octanol–water partition coefficient (Wildman–Crippen LogP) is 1.71. The van der Waals surface area contributed by atoms with Gasteiger partial charge in [-0.25, -0.2) is 4.98 Å². The molecule has 1 aromatic carbocycles. The Kier molecular flexibility index (Phi) is 3.98. The normalized spacial score (nSPS) is 21.5. The van der Waals surface area contributed by atoms with Crippen LogP contribution in [0.5, 0.6) is 5.75 Å². The first-order valence-electron chi connectivity index (χ1n) is 8.55. The molecule has 1 amide bonds. The Bertz CT molecular complexity index is 734. The highest BCUT2D eigenvalue weighted by molar-refractivity contribution is 5.83. The number of carbonyl (C=O) groups excluding carboxylic acids is 1. The number of hydrogen-bond donors (Lipinski definition) is 3. The molecule has 6 heteroatoms. The SMILES string of the molecule is O=C([C@H]1NCCc2[nH]cnc21)N1CCC(c2cccc(O)c2)CC1. The topological polar surface area (TPSA) is 81.2 Å². The lowest BCUT2D eigenvalue weighted by atomic mass is 9.89. The first-order chi connectivity index (χ1) is 11.7. The number of amides is 1. The zero-order chi connectivity index (χ0) is 16.5. The maximum Gasteiger partial charge on any atom is 0.246 e. The summed E-state index contributed by atoms with van der Waals surface area (Å²) in [6.07, 6.45) is 4.41. The van der Waals surface area contributed by atoms with Gasteiger partial charge in [0, 0.05) is 31.7 Å². The van der Waals surface area contributed by atoms with Gasteiger partial charge in [0.05, 0.1) is 12.0 Å². The van der Waals surface area contributed by atoms with Gasteiger partial charge in [-0.1, -0.05) is 12.1 Å². The van der Waals surface area contributed by atoms with Crippen molar-refractivity contribution in [2.45, 2.75) is 31.2 Å². The highest BCUT2D eigenvalue weighted by Gasteiger charge is 2.33. The Morgan fingerprint density at radius 1 is 1.29 bits per heavy atom. The molecule has 1 fully saturated rings. The Hall–Kier alpha value is -2.34. The van der Waals surface area contributed by atoms with Gasteiger partial charge in [-0.2, -0.15) is 0 Å². The van der Waals surface area contributed by atoms with E-state index in [0.29, 0.717) is 11.7 Å². The standard InChI is InChI=1S/C18H22N4O2/c23-14-3-1-2-13(10-14)12-5-8-22(9-6-12)18(24)17-16-15(4-7-19-17)20-11-21-16/h1-3,10-12,17,19,23H,4-9H2,(H,20,21)/t17-/m0/s1. The molecule has 3 N–H and O–H groups in total. The fourth-order valence-corrected chi connectivity index (χ4v) is 3.82. The zero-order valence-electron chi connectivity index (χ0n) is 13.5. The number of piperidine rings is 1. The van der Waals surface area contributed by atoms with Gasteiger partial charge in [0.2, 0.25) is 5.91 Å². The summed E-state index contributed by atoms with van der Waals surface area (Å²) >= 11 is 0. The Morgan fingerprint density at radius 3 is 2.92 bits per heavy atom. The van der Waals surface area contributed by atoms with Gasteiger partial charge in [-0.05, 0) is 36.5 Å². The molecule has 2 aliphatic heterocycles. The van der Waals surface area contributed by atoms with E-state index < -0.39 is 0 Å². The zero-order valence-corrected chi connectivity index (χ0v) is 13.5. The van der Waals surface area contributed by atoms with E-state index in [9.17, 15) is 9.90 Å². The molecule has 0 bridgehead atoms. The molecule has 0 aliphatic carbocycles. The molecule has 0 saturated carbocycles. The third kappa shape index (κ3) is 2.78. The summed E-state index contributed by atoms with van der Waals surface area (Å²) < 4.78 is 0.